The Morgan fingerprint density at radius 1 is 1.36 bits per heavy atom. The fraction of sp³-hybridized carbons (Fsp3) is 0.733. The Morgan fingerprint density at radius 3 is 2.73 bits per heavy atom. The van der Waals surface area contributed by atoms with Crippen LogP contribution < -0.4 is 10.1 Å². The van der Waals surface area contributed by atoms with E-state index in [1.807, 2.05) is 6.92 Å². The van der Waals surface area contributed by atoms with E-state index in [9.17, 15) is 10.1 Å². The zero-order valence-electron chi connectivity index (χ0n) is 13.5. The van der Waals surface area contributed by atoms with Crippen LogP contribution in [0.2, 0.25) is 0 Å². The van der Waals surface area contributed by atoms with Gasteiger partial charge in [0.1, 0.15) is 5.82 Å². The smallest absolute Gasteiger partial charge is 0.372 e. The maximum Gasteiger partial charge on any atom is 0.372 e. The molecule has 2 atom stereocenters. The van der Waals surface area contributed by atoms with Crippen molar-refractivity contribution >= 4 is 11.5 Å². The Morgan fingerprint density at radius 2 is 2.09 bits per heavy atom. The molecule has 0 radical (unpaired) electrons. The third-order valence-electron chi connectivity index (χ3n) is 4.02. The summed E-state index contributed by atoms with van der Waals surface area (Å²) in [5.74, 6) is 1.29. The minimum atomic E-state index is -0.458. The van der Waals surface area contributed by atoms with Crippen molar-refractivity contribution in [3.8, 4) is 5.88 Å². The number of aromatic nitrogens is 2. The van der Waals surface area contributed by atoms with Crippen LogP contribution in [0.1, 0.15) is 51.8 Å². The van der Waals surface area contributed by atoms with E-state index in [0.717, 1.165) is 25.7 Å². The zero-order valence-corrected chi connectivity index (χ0v) is 13.5. The molecule has 0 saturated heterocycles. The molecule has 22 heavy (non-hydrogen) atoms. The van der Waals surface area contributed by atoms with Crippen LogP contribution in [-0.4, -0.2) is 27.5 Å². The molecule has 0 amide bonds. The number of anilines is 1. The molecule has 0 aromatic carbocycles. The average molecular weight is 308 g/mol. The highest BCUT2D eigenvalue weighted by molar-refractivity contribution is 5.62. The first-order valence-electron chi connectivity index (χ1n) is 7.95. The van der Waals surface area contributed by atoms with E-state index in [4.69, 9.17) is 4.74 Å². The summed E-state index contributed by atoms with van der Waals surface area (Å²) < 4.78 is 5.45. The van der Waals surface area contributed by atoms with E-state index in [-0.39, 0.29) is 23.4 Å². The summed E-state index contributed by atoms with van der Waals surface area (Å²) in [6.45, 7) is 6.24. The molecule has 1 aliphatic carbocycles. The topological polar surface area (TPSA) is 90.2 Å². The predicted octanol–water partition coefficient (Wildman–Crippen LogP) is 3.47. The van der Waals surface area contributed by atoms with Crippen LogP contribution >= 0.6 is 0 Å². The van der Waals surface area contributed by atoms with Gasteiger partial charge in [-0.2, -0.15) is 4.98 Å². The molecule has 122 valence electrons. The summed E-state index contributed by atoms with van der Waals surface area (Å²) >= 11 is 0. The minimum Gasteiger partial charge on any atom is -0.473 e. The van der Waals surface area contributed by atoms with Gasteiger partial charge in [-0.25, -0.2) is 4.98 Å². The highest BCUT2D eigenvalue weighted by atomic mass is 16.6. The van der Waals surface area contributed by atoms with Crippen molar-refractivity contribution in [2.45, 2.75) is 58.9 Å². The van der Waals surface area contributed by atoms with Crippen molar-refractivity contribution in [2.75, 3.05) is 11.9 Å². The molecular weight excluding hydrogens is 284 g/mol. The number of nitrogens with zero attached hydrogens (tertiary/aromatic N) is 3. The van der Waals surface area contributed by atoms with Gasteiger partial charge in [-0.3, -0.25) is 10.1 Å². The molecule has 1 saturated carbocycles. The summed E-state index contributed by atoms with van der Waals surface area (Å²) in [6.07, 6.45) is 5.26. The van der Waals surface area contributed by atoms with Crippen molar-refractivity contribution in [1.82, 2.24) is 9.97 Å². The van der Waals surface area contributed by atoms with Crippen LogP contribution in [0.25, 0.3) is 0 Å². The van der Waals surface area contributed by atoms with Crippen LogP contribution in [-0.2, 0) is 0 Å². The monoisotopic (exact) mass is 308 g/mol. The standard InChI is InChI=1S/C15H24N4O3/c1-4-9-22-15-13(19(20)21)14(16-11(3)17-15)18-12-8-6-5-7-10(12)2/h10,12H,4-9H2,1-3H3,(H,16,17,18). The molecule has 2 rings (SSSR count). The maximum atomic E-state index is 11.4. The van der Waals surface area contributed by atoms with Crippen molar-refractivity contribution in [1.29, 1.82) is 0 Å². The Labute approximate surface area is 130 Å². The normalized spacial score (nSPS) is 21.4. The van der Waals surface area contributed by atoms with Gasteiger partial charge in [0.15, 0.2) is 0 Å². The van der Waals surface area contributed by atoms with E-state index < -0.39 is 4.92 Å². The molecule has 1 fully saturated rings. The van der Waals surface area contributed by atoms with E-state index in [1.54, 1.807) is 6.92 Å². The second-order valence-corrected chi connectivity index (χ2v) is 5.89. The number of aryl methyl sites for hydroxylation is 1. The lowest BCUT2D eigenvalue weighted by atomic mass is 9.86. The second kappa shape index (κ2) is 7.38. The van der Waals surface area contributed by atoms with E-state index in [2.05, 4.69) is 22.2 Å². The number of rotatable bonds is 6. The van der Waals surface area contributed by atoms with Crippen LogP contribution in [0.15, 0.2) is 0 Å². The van der Waals surface area contributed by atoms with Crippen LogP contribution in [0.3, 0.4) is 0 Å². The molecule has 7 heteroatoms. The number of nitrogens with one attached hydrogen (secondary N) is 1. The molecule has 0 aliphatic heterocycles. The van der Waals surface area contributed by atoms with Gasteiger partial charge in [-0.15, -0.1) is 0 Å². The molecule has 1 aromatic rings. The van der Waals surface area contributed by atoms with Gasteiger partial charge in [-0.1, -0.05) is 26.7 Å². The quantitative estimate of drug-likeness (QED) is 0.639. The minimum absolute atomic E-state index is 0.0605. The van der Waals surface area contributed by atoms with Crippen molar-refractivity contribution in [2.24, 2.45) is 5.92 Å². The number of hydrogen-bond donors (Lipinski definition) is 1. The van der Waals surface area contributed by atoms with Crippen LogP contribution in [0, 0.1) is 23.0 Å². The van der Waals surface area contributed by atoms with Gasteiger partial charge in [0.25, 0.3) is 5.88 Å². The molecule has 0 bridgehead atoms. The highest BCUT2D eigenvalue weighted by Crippen LogP contribution is 2.35. The van der Waals surface area contributed by atoms with Crippen molar-refractivity contribution < 1.29 is 9.66 Å². The molecule has 7 nitrogen and oxygen atoms in total. The van der Waals surface area contributed by atoms with Gasteiger partial charge in [-0.05, 0) is 32.1 Å². The van der Waals surface area contributed by atoms with Gasteiger partial charge in [0, 0.05) is 6.04 Å². The van der Waals surface area contributed by atoms with Crippen molar-refractivity contribution in [3.05, 3.63) is 15.9 Å². The molecule has 2 unspecified atom stereocenters. The summed E-state index contributed by atoms with van der Waals surface area (Å²) in [5, 5.41) is 14.7. The van der Waals surface area contributed by atoms with E-state index in [1.165, 1.54) is 6.42 Å². The maximum absolute atomic E-state index is 11.4. The molecule has 1 aliphatic rings. The Bertz CT molecular complexity index is 536. The Hall–Kier alpha value is -1.92. The molecule has 0 spiro atoms. The van der Waals surface area contributed by atoms with Gasteiger partial charge < -0.3 is 10.1 Å². The fourth-order valence-electron chi connectivity index (χ4n) is 2.81. The average Bonchev–Trinajstić information content (AvgIpc) is 2.46. The first-order valence-corrected chi connectivity index (χ1v) is 7.95. The summed E-state index contributed by atoms with van der Waals surface area (Å²) in [7, 11) is 0. The zero-order chi connectivity index (χ0) is 16.1. The summed E-state index contributed by atoms with van der Waals surface area (Å²) in [5.41, 5.74) is -0.156. The van der Waals surface area contributed by atoms with Crippen LogP contribution in [0.4, 0.5) is 11.5 Å². The lowest BCUT2D eigenvalue weighted by Crippen LogP contribution is -2.31. The number of nitro groups is 1. The summed E-state index contributed by atoms with van der Waals surface area (Å²) in [6, 6.07) is 0.209. The molecule has 1 aromatic heterocycles. The highest BCUT2D eigenvalue weighted by Gasteiger charge is 2.29. The molecule has 1 N–H and O–H groups in total. The number of hydrogen-bond acceptors (Lipinski definition) is 6. The van der Waals surface area contributed by atoms with E-state index >= 15 is 0 Å². The lowest BCUT2D eigenvalue weighted by molar-refractivity contribution is -0.385. The Balaban J connectivity index is 2.31. The first kappa shape index (κ1) is 16.5. The van der Waals surface area contributed by atoms with E-state index in [0.29, 0.717) is 18.3 Å². The third-order valence-corrected chi connectivity index (χ3v) is 4.02. The van der Waals surface area contributed by atoms with Gasteiger partial charge in [0.05, 0.1) is 11.5 Å². The Kier molecular flexibility index (Phi) is 5.51. The fourth-order valence-corrected chi connectivity index (χ4v) is 2.81. The molecule has 1 heterocycles. The lowest BCUT2D eigenvalue weighted by Gasteiger charge is -2.29. The van der Waals surface area contributed by atoms with Crippen LogP contribution in [0.5, 0.6) is 5.88 Å². The number of ether oxygens (including phenoxy) is 1. The largest absolute Gasteiger partial charge is 0.473 e. The predicted molar refractivity (Wildman–Crippen MR) is 84.3 cm³/mol. The molecular formula is C15H24N4O3. The van der Waals surface area contributed by atoms with Gasteiger partial charge >= 0.3 is 5.69 Å². The SMILES string of the molecule is CCCOc1nc(C)nc(NC2CCCCC2C)c1[N+](=O)[O-]. The van der Waals surface area contributed by atoms with Gasteiger partial charge in [0.2, 0.25) is 5.82 Å². The second-order valence-electron chi connectivity index (χ2n) is 5.89. The first-order chi connectivity index (χ1) is 10.5. The summed E-state index contributed by atoms with van der Waals surface area (Å²) in [4.78, 5) is 19.3. The third kappa shape index (κ3) is 3.84. The van der Waals surface area contributed by atoms with Crippen molar-refractivity contribution in [3.63, 3.8) is 0 Å².